The normalized spacial score (nSPS) is 16.1. The molecule has 0 saturated heterocycles. The first kappa shape index (κ1) is 14.1. The smallest absolute Gasteiger partial charge is 0.333 e. The predicted octanol–water partition coefficient (Wildman–Crippen LogP) is 2.41. The Morgan fingerprint density at radius 2 is 2.25 bits per heavy atom. The molecule has 0 radical (unpaired) electrons. The molecule has 0 amide bonds. The standard InChI is InChI=1S/C13H16N2O5/c1-2-20-10-6-3-5-9(11(10)15(18)19)14-13(12(16)17)7-4-8-13/h3,5-6,14H,2,4,7-8H2,1H3,(H,16,17). The summed E-state index contributed by atoms with van der Waals surface area (Å²) < 4.78 is 5.24. The first-order chi connectivity index (χ1) is 9.50. The number of carbonyl (C=O) groups is 1. The lowest BCUT2D eigenvalue weighted by molar-refractivity contribution is -0.385. The maximum absolute atomic E-state index is 11.3. The Morgan fingerprint density at radius 3 is 2.70 bits per heavy atom. The molecule has 1 fully saturated rings. The zero-order chi connectivity index (χ0) is 14.8. The zero-order valence-electron chi connectivity index (χ0n) is 11.1. The number of nitro groups is 1. The highest BCUT2D eigenvalue weighted by Gasteiger charge is 2.45. The van der Waals surface area contributed by atoms with Crippen molar-refractivity contribution < 1.29 is 19.6 Å². The number of carboxylic acids is 1. The number of nitro benzene ring substituents is 1. The van der Waals surface area contributed by atoms with Gasteiger partial charge in [-0.25, -0.2) is 4.79 Å². The number of para-hydroxylation sites is 1. The fourth-order valence-corrected chi connectivity index (χ4v) is 2.26. The van der Waals surface area contributed by atoms with Crippen molar-refractivity contribution in [2.75, 3.05) is 11.9 Å². The van der Waals surface area contributed by atoms with Crippen LogP contribution in [0.1, 0.15) is 26.2 Å². The largest absolute Gasteiger partial charge is 0.487 e. The minimum atomic E-state index is -1.10. The lowest BCUT2D eigenvalue weighted by atomic mass is 9.76. The summed E-state index contributed by atoms with van der Waals surface area (Å²) in [5.41, 5.74) is -1.14. The Hall–Kier alpha value is -2.31. The fraction of sp³-hybridized carbons (Fsp3) is 0.462. The number of carboxylic acid groups (broad SMARTS) is 1. The maximum Gasteiger partial charge on any atom is 0.333 e. The summed E-state index contributed by atoms with van der Waals surface area (Å²) in [5, 5.41) is 23.3. The van der Waals surface area contributed by atoms with Crippen molar-refractivity contribution >= 4 is 17.3 Å². The number of nitrogens with zero attached hydrogens (tertiary/aromatic N) is 1. The van der Waals surface area contributed by atoms with Crippen LogP contribution in [0.15, 0.2) is 18.2 Å². The molecule has 0 heterocycles. The molecule has 0 aliphatic heterocycles. The summed E-state index contributed by atoms with van der Waals surface area (Å²) in [4.78, 5) is 22.0. The number of hydrogen-bond donors (Lipinski definition) is 2. The molecule has 20 heavy (non-hydrogen) atoms. The average Bonchev–Trinajstić information content (AvgIpc) is 2.33. The molecule has 1 aliphatic rings. The van der Waals surface area contributed by atoms with Crippen LogP contribution in [0.5, 0.6) is 5.75 Å². The quantitative estimate of drug-likeness (QED) is 0.613. The van der Waals surface area contributed by atoms with E-state index in [9.17, 15) is 20.0 Å². The topological polar surface area (TPSA) is 102 Å². The van der Waals surface area contributed by atoms with E-state index in [1.165, 1.54) is 12.1 Å². The van der Waals surface area contributed by atoms with Gasteiger partial charge in [-0.05, 0) is 38.3 Å². The molecule has 0 unspecified atom stereocenters. The van der Waals surface area contributed by atoms with Gasteiger partial charge in [-0.2, -0.15) is 0 Å². The Kier molecular flexibility index (Phi) is 3.78. The summed E-state index contributed by atoms with van der Waals surface area (Å²) in [6, 6.07) is 4.61. The summed E-state index contributed by atoms with van der Waals surface area (Å²) in [6.45, 7) is 2.03. The monoisotopic (exact) mass is 280 g/mol. The number of hydrogen-bond acceptors (Lipinski definition) is 5. The lowest BCUT2D eigenvalue weighted by Gasteiger charge is -2.38. The summed E-state index contributed by atoms with van der Waals surface area (Å²) >= 11 is 0. The van der Waals surface area contributed by atoms with Gasteiger partial charge in [0.25, 0.3) is 0 Å². The highest BCUT2D eigenvalue weighted by atomic mass is 16.6. The molecule has 2 N–H and O–H groups in total. The molecule has 1 saturated carbocycles. The summed E-state index contributed by atoms with van der Waals surface area (Å²) in [7, 11) is 0. The van der Waals surface area contributed by atoms with Gasteiger partial charge in [0.15, 0.2) is 5.75 Å². The van der Waals surface area contributed by atoms with Crippen molar-refractivity contribution in [1.82, 2.24) is 0 Å². The zero-order valence-corrected chi connectivity index (χ0v) is 11.1. The number of nitrogens with one attached hydrogen (secondary N) is 1. The number of anilines is 1. The van der Waals surface area contributed by atoms with E-state index in [-0.39, 0.29) is 17.1 Å². The third-order valence-electron chi connectivity index (χ3n) is 3.47. The summed E-state index contributed by atoms with van der Waals surface area (Å²) in [5.74, 6) is -0.845. The molecule has 0 spiro atoms. The van der Waals surface area contributed by atoms with Gasteiger partial charge >= 0.3 is 11.7 Å². The Bertz CT molecular complexity index is 540. The molecule has 1 aliphatic carbocycles. The van der Waals surface area contributed by atoms with Crippen molar-refractivity contribution in [3.8, 4) is 5.75 Å². The minimum absolute atomic E-state index is 0.141. The second-order valence-corrected chi connectivity index (χ2v) is 4.71. The van der Waals surface area contributed by atoms with Crippen molar-refractivity contribution in [3.05, 3.63) is 28.3 Å². The highest BCUT2D eigenvalue weighted by Crippen LogP contribution is 2.41. The van der Waals surface area contributed by atoms with Crippen LogP contribution in [-0.4, -0.2) is 28.1 Å². The fourth-order valence-electron chi connectivity index (χ4n) is 2.26. The molecule has 7 heteroatoms. The molecule has 0 bridgehead atoms. The number of benzene rings is 1. The average molecular weight is 280 g/mol. The van der Waals surface area contributed by atoms with Gasteiger partial charge in [-0.3, -0.25) is 10.1 Å². The number of ether oxygens (including phenoxy) is 1. The van der Waals surface area contributed by atoms with E-state index in [1.807, 2.05) is 0 Å². The van der Waals surface area contributed by atoms with Crippen molar-refractivity contribution in [1.29, 1.82) is 0 Å². The molecule has 0 aromatic heterocycles. The third-order valence-corrected chi connectivity index (χ3v) is 3.47. The molecule has 1 aromatic rings. The Labute approximate surface area is 115 Å². The van der Waals surface area contributed by atoms with Crippen LogP contribution in [0.2, 0.25) is 0 Å². The molecule has 2 rings (SSSR count). The van der Waals surface area contributed by atoms with Gasteiger partial charge in [0, 0.05) is 0 Å². The van der Waals surface area contributed by atoms with Gasteiger partial charge in [0.05, 0.1) is 11.5 Å². The van der Waals surface area contributed by atoms with Gasteiger partial charge in [-0.15, -0.1) is 0 Å². The van der Waals surface area contributed by atoms with Crippen molar-refractivity contribution in [3.63, 3.8) is 0 Å². The molecular formula is C13H16N2O5. The van der Waals surface area contributed by atoms with Gasteiger partial charge < -0.3 is 15.2 Å². The SMILES string of the molecule is CCOc1cccc(NC2(C(=O)O)CCC2)c1[N+](=O)[O-]. The Morgan fingerprint density at radius 1 is 1.55 bits per heavy atom. The molecular weight excluding hydrogens is 264 g/mol. The van der Waals surface area contributed by atoms with E-state index in [0.717, 1.165) is 6.42 Å². The van der Waals surface area contributed by atoms with Crippen LogP contribution in [-0.2, 0) is 4.79 Å². The maximum atomic E-state index is 11.3. The second kappa shape index (κ2) is 5.36. The van der Waals surface area contributed by atoms with Gasteiger partial charge in [0.1, 0.15) is 11.2 Å². The van der Waals surface area contributed by atoms with Gasteiger partial charge in [-0.1, -0.05) is 6.07 Å². The Balaban J connectivity index is 2.38. The molecule has 7 nitrogen and oxygen atoms in total. The third kappa shape index (κ3) is 2.38. The van der Waals surface area contributed by atoms with Crippen LogP contribution < -0.4 is 10.1 Å². The number of rotatable bonds is 6. The molecule has 0 atom stereocenters. The van der Waals surface area contributed by atoms with E-state index in [1.54, 1.807) is 13.0 Å². The first-order valence-corrected chi connectivity index (χ1v) is 6.42. The second-order valence-electron chi connectivity index (χ2n) is 4.71. The van der Waals surface area contributed by atoms with E-state index < -0.39 is 16.4 Å². The van der Waals surface area contributed by atoms with Crippen LogP contribution in [0.3, 0.4) is 0 Å². The first-order valence-electron chi connectivity index (χ1n) is 6.42. The highest BCUT2D eigenvalue weighted by molar-refractivity contribution is 5.85. The lowest BCUT2D eigenvalue weighted by Crippen LogP contribution is -2.52. The van der Waals surface area contributed by atoms with E-state index in [0.29, 0.717) is 19.4 Å². The molecule has 108 valence electrons. The van der Waals surface area contributed by atoms with Crippen LogP contribution in [0.4, 0.5) is 11.4 Å². The summed E-state index contributed by atoms with van der Waals surface area (Å²) in [6.07, 6.45) is 1.70. The van der Waals surface area contributed by atoms with Crippen LogP contribution in [0.25, 0.3) is 0 Å². The van der Waals surface area contributed by atoms with E-state index >= 15 is 0 Å². The predicted molar refractivity (Wildman–Crippen MR) is 72.1 cm³/mol. The van der Waals surface area contributed by atoms with E-state index in [4.69, 9.17) is 4.74 Å². The molecule has 1 aromatic carbocycles. The van der Waals surface area contributed by atoms with E-state index in [2.05, 4.69) is 5.32 Å². The van der Waals surface area contributed by atoms with Crippen molar-refractivity contribution in [2.45, 2.75) is 31.7 Å². The minimum Gasteiger partial charge on any atom is -0.487 e. The van der Waals surface area contributed by atoms with Crippen molar-refractivity contribution in [2.24, 2.45) is 0 Å². The van der Waals surface area contributed by atoms with Gasteiger partial charge in [0.2, 0.25) is 0 Å². The number of aliphatic carboxylic acids is 1. The van der Waals surface area contributed by atoms with Crippen LogP contribution in [0, 0.1) is 10.1 Å². The van der Waals surface area contributed by atoms with Crippen LogP contribution >= 0.6 is 0 Å².